The standard InChI is InChI=1S/C18H22N2O5/c21-17(19-11-3-5-13-4-1-2-6-16(13)19)12-25-18(22)14-7-9-15(10-8-14)20(23)24/h7-10,13,16H,1-6,11-12H2/t13-,16-/m0/s1. The monoisotopic (exact) mass is 346 g/mol. The molecule has 1 amide bonds. The van der Waals surface area contributed by atoms with Gasteiger partial charge in [0.1, 0.15) is 0 Å². The van der Waals surface area contributed by atoms with E-state index in [1.165, 1.54) is 43.5 Å². The summed E-state index contributed by atoms with van der Waals surface area (Å²) in [5.74, 6) is -0.205. The highest BCUT2D eigenvalue weighted by molar-refractivity contribution is 5.91. The van der Waals surface area contributed by atoms with Gasteiger partial charge in [0.05, 0.1) is 10.5 Å². The number of piperidine rings is 1. The number of non-ortho nitro benzene ring substituents is 1. The Hall–Kier alpha value is -2.44. The van der Waals surface area contributed by atoms with Crippen LogP contribution in [0.1, 0.15) is 48.9 Å². The van der Waals surface area contributed by atoms with Crippen molar-refractivity contribution in [3.05, 3.63) is 39.9 Å². The molecule has 134 valence electrons. The van der Waals surface area contributed by atoms with E-state index in [0.717, 1.165) is 25.8 Å². The van der Waals surface area contributed by atoms with E-state index >= 15 is 0 Å². The van der Waals surface area contributed by atoms with Crippen molar-refractivity contribution in [3.8, 4) is 0 Å². The van der Waals surface area contributed by atoms with Gasteiger partial charge in [0.25, 0.3) is 11.6 Å². The van der Waals surface area contributed by atoms with Gasteiger partial charge in [0, 0.05) is 24.7 Å². The van der Waals surface area contributed by atoms with Crippen molar-refractivity contribution in [2.75, 3.05) is 13.2 Å². The van der Waals surface area contributed by atoms with Crippen LogP contribution in [-0.4, -0.2) is 40.9 Å². The van der Waals surface area contributed by atoms with Crippen LogP contribution in [0.5, 0.6) is 0 Å². The zero-order valence-corrected chi connectivity index (χ0v) is 14.1. The molecular weight excluding hydrogens is 324 g/mol. The number of carbonyl (C=O) groups is 2. The van der Waals surface area contributed by atoms with E-state index in [1.807, 2.05) is 4.90 Å². The molecule has 1 aromatic carbocycles. The molecule has 1 aliphatic heterocycles. The lowest BCUT2D eigenvalue weighted by Gasteiger charge is -2.44. The maximum absolute atomic E-state index is 12.5. The second-order valence-electron chi connectivity index (χ2n) is 6.72. The molecule has 0 spiro atoms. The number of hydrogen-bond donors (Lipinski definition) is 0. The quantitative estimate of drug-likeness (QED) is 0.475. The van der Waals surface area contributed by atoms with Crippen molar-refractivity contribution in [3.63, 3.8) is 0 Å². The van der Waals surface area contributed by atoms with Gasteiger partial charge in [0.15, 0.2) is 6.61 Å². The molecule has 0 N–H and O–H groups in total. The van der Waals surface area contributed by atoms with Gasteiger partial charge in [-0.15, -0.1) is 0 Å². The number of ether oxygens (including phenoxy) is 1. The van der Waals surface area contributed by atoms with Gasteiger partial charge >= 0.3 is 5.97 Å². The predicted octanol–water partition coefficient (Wildman–Crippen LogP) is 2.93. The maximum atomic E-state index is 12.5. The number of nitrogens with zero attached hydrogens (tertiary/aromatic N) is 2. The van der Waals surface area contributed by atoms with Gasteiger partial charge in [-0.3, -0.25) is 14.9 Å². The van der Waals surface area contributed by atoms with Crippen molar-refractivity contribution in [2.24, 2.45) is 5.92 Å². The molecule has 2 aliphatic rings. The van der Waals surface area contributed by atoms with E-state index in [2.05, 4.69) is 0 Å². The maximum Gasteiger partial charge on any atom is 0.338 e. The Morgan fingerprint density at radius 1 is 1.12 bits per heavy atom. The van der Waals surface area contributed by atoms with Gasteiger partial charge in [-0.1, -0.05) is 12.8 Å². The zero-order valence-electron chi connectivity index (χ0n) is 14.1. The normalized spacial score (nSPS) is 22.8. The average molecular weight is 346 g/mol. The molecule has 2 atom stereocenters. The summed E-state index contributed by atoms with van der Waals surface area (Å²) in [5.41, 5.74) is 0.108. The van der Waals surface area contributed by atoms with Gasteiger partial charge in [-0.05, 0) is 43.7 Å². The molecule has 25 heavy (non-hydrogen) atoms. The first kappa shape index (κ1) is 17.4. The van der Waals surface area contributed by atoms with Gasteiger partial charge in [0.2, 0.25) is 0 Å². The SMILES string of the molecule is O=C(OCC(=O)N1CCC[C@@H]2CCCC[C@@H]21)c1ccc([N+](=O)[O-])cc1. The molecule has 1 saturated heterocycles. The largest absolute Gasteiger partial charge is 0.452 e. The van der Waals surface area contributed by atoms with Crippen molar-refractivity contribution in [1.82, 2.24) is 4.90 Å². The van der Waals surface area contributed by atoms with E-state index in [9.17, 15) is 19.7 Å². The lowest BCUT2D eigenvalue weighted by atomic mass is 9.78. The molecule has 1 heterocycles. The minimum absolute atomic E-state index is 0.0933. The second kappa shape index (κ2) is 7.63. The summed E-state index contributed by atoms with van der Waals surface area (Å²) in [7, 11) is 0. The van der Waals surface area contributed by atoms with Crippen molar-refractivity contribution < 1.29 is 19.2 Å². The summed E-state index contributed by atoms with van der Waals surface area (Å²) >= 11 is 0. The summed E-state index contributed by atoms with van der Waals surface area (Å²) in [6.45, 7) is 0.453. The van der Waals surface area contributed by atoms with Crippen LogP contribution in [0.15, 0.2) is 24.3 Å². The summed E-state index contributed by atoms with van der Waals surface area (Å²) in [4.78, 5) is 36.5. The molecule has 7 nitrogen and oxygen atoms in total. The number of benzene rings is 1. The Kier molecular flexibility index (Phi) is 5.31. The third kappa shape index (κ3) is 3.97. The molecular formula is C18H22N2O5. The van der Waals surface area contributed by atoms with Crippen LogP contribution in [-0.2, 0) is 9.53 Å². The fourth-order valence-corrected chi connectivity index (χ4v) is 3.95. The highest BCUT2D eigenvalue weighted by Gasteiger charge is 2.35. The third-order valence-electron chi connectivity index (χ3n) is 5.20. The first-order valence-electron chi connectivity index (χ1n) is 8.77. The van der Waals surface area contributed by atoms with E-state index in [4.69, 9.17) is 4.74 Å². The number of fused-ring (bicyclic) bond motifs is 1. The molecule has 0 radical (unpaired) electrons. The molecule has 3 rings (SSSR count). The number of likely N-dealkylation sites (tertiary alicyclic amines) is 1. The number of carbonyl (C=O) groups excluding carboxylic acids is 2. The van der Waals surface area contributed by atoms with Crippen molar-refractivity contribution in [1.29, 1.82) is 0 Å². The Morgan fingerprint density at radius 2 is 1.80 bits per heavy atom. The van der Waals surface area contributed by atoms with E-state index in [-0.39, 0.29) is 29.8 Å². The first-order valence-corrected chi connectivity index (χ1v) is 8.77. The van der Waals surface area contributed by atoms with E-state index < -0.39 is 10.9 Å². The van der Waals surface area contributed by atoms with Crippen LogP contribution < -0.4 is 0 Å². The molecule has 1 aromatic rings. The predicted molar refractivity (Wildman–Crippen MR) is 90.1 cm³/mol. The molecule has 7 heteroatoms. The highest BCUT2D eigenvalue weighted by atomic mass is 16.6. The fraction of sp³-hybridized carbons (Fsp3) is 0.556. The Labute approximate surface area is 146 Å². The number of esters is 1. The van der Waals surface area contributed by atoms with Crippen LogP contribution >= 0.6 is 0 Å². The minimum atomic E-state index is -0.638. The summed E-state index contributed by atoms with van der Waals surface area (Å²) in [5, 5.41) is 10.6. The van der Waals surface area contributed by atoms with Crippen molar-refractivity contribution in [2.45, 2.75) is 44.6 Å². The number of nitro benzene ring substituents is 1. The Morgan fingerprint density at radius 3 is 2.52 bits per heavy atom. The topological polar surface area (TPSA) is 89.8 Å². The molecule has 1 aliphatic carbocycles. The van der Waals surface area contributed by atoms with E-state index in [1.54, 1.807) is 0 Å². The second-order valence-corrected chi connectivity index (χ2v) is 6.72. The number of amides is 1. The fourth-order valence-electron chi connectivity index (χ4n) is 3.95. The summed E-state index contributed by atoms with van der Waals surface area (Å²) in [6.07, 6.45) is 6.77. The van der Waals surface area contributed by atoms with Gasteiger partial charge in [-0.2, -0.15) is 0 Å². The summed E-state index contributed by atoms with van der Waals surface area (Å²) in [6, 6.07) is 5.45. The van der Waals surface area contributed by atoms with Gasteiger partial charge < -0.3 is 9.64 Å². The number of nitro groups is 1. The Balaban J connectivity index is 1.56. The molecule has 1 saturated carbocycles. The van der Waals surface area contributed by atoms with Gasteiger partial charge in [-0.25, -0.2) is 4.79 Å². The number of hydrogen-bond acceptors (Lipinski definition) is 5. The number of rotatable bonds is 4. The third-order valence-corrected chi connectivity index (χ3v) is 5.20. The van der Waals surface area contributed by atoms with Crippen LogP contribution in [0.3, 0.4) is 0 Å². The first-order chi connectivity index (χ1) is 12.1. The van der Waals surface area contributed by atoms with Crippen LogP contribution in [0.2, 0.25) is 0 Å². The molecule has 0 aromatic heterocycles. The lowest BCUT2D eigenvalue weighted by molar-refractivity contribution is -0.384. The highest BCUT2D eigenvalue weighted by Crippen LogP contribution is 2.35. The molecule has 0 unspecified atom stereocenters. The minimum Gasteiger partial charge on any atom is -0.452 e. The summed E-state index contributed by atoms with van der Waals surface area (Å²) < 4.78 is 5.12. The average Bonchev–Trinajstić information content (AvgIpc) is 2.65. The van der Waals surface area contributed by atoms with Crippen LogP contribution in [0, 0.1) is 16.0 Å². The van der Waals surface area contributed by atoms with Crippen molar-refractivity contribution >= 4 is 17.6 Å². The van der Waals surface area contributed by atoms with Crippen LogP contribution in [0.25, 0.3) is 0 Å². The molecule has 2 fully saturated rings. The lowest BCUT2D eigenvalue weighted by Crippen LogP contribution is -2.50. The smallest absolute Gasteiger partial charge is 0.338 e. The van der Waals surface area contributed by atoms with E-state index in [0.29, 0.717) is 5.92 Å². The molecule has 0 bridgehead atoms. The van der Waals surface area contributed by atoms with Crippen LogP contribution in [0.4, 0.5) is 5.69 Å². The zero-order chi connectivity index (χ0) is 17.8. The Bertz CT molecular complexity index is 656.